The van der Waals surface area contributed by atoms with Gasteiger partial charge in [-0.05, 0) is 6.42 Å². The smallest absolute Gasteiger partial charge is 0.328 e. The van der Waals surface area contributed by atoms with E-state index < -0.39 is 34.7 Å². The SMILES string of the molecule is CS(=O)(=O)NCCCNC(=O)N[C@@H](CO)C(=O)O. The summed E-state index contributed by atoms with van der Waals surface area (Å²) in [6, 6.07) is -2.10. The van der Waals surface area contributed by atoms with Gasteiger partial charge in [-0.2, -0.15) is 0 Å². The number of hydrogen-bond donors (Lipinski definition) is 5. The monoisotopic (exact) mass is 283 g/mol. The molecule has 1 atom stereocenters. The molecule has 9 nitrogen and oxygen atoms in total. The fourth-order valence-corrected chi connectivity index (χ4v) is 1.46. The Balaban J connectivity index is 3.75. The highest BCUT2D eigenvalue weighted by molar-refractivity contribution is 7.88. The topological polar surface area (TPSA) is 145 Å². The normalized spacial score (nSPS) is 12.8. The molecule has 0 rings (SSSR count). The van der Waals surface area contributed by atoms with Gasteiger partial charge in [-0.15, -0.1) is 0 Å². The summed E-state index contributed by atoms with van der Waals surface area (Å²) in [5.41, 5.74) is 0. The molecule has 0 aliphatic carbocycles. The minimum atomic E-state index is -3.25. The molecular formula is C8H17N3O6S. The number of carbonyl (C=O) groups is 2. The number of carboxylic acid groups (broad SMARTS) is 1. The Bertz CT molecular complexity index is 382. The van der Waals surface area contributed by atoms with E-state index in [1.54, 1.807) is 0 Å². The van der Waals surface area contributed by atoms with Crippen molar-refractivity contribution < 1.29 is 28.2 Å². The van der Waals surface area contributed by atoms with E-state index in [-0.39, 0.29) is 13.1 Å². The molecule has 18 heavy (non-hydrogen) atoms. The zero-order chi connectivity index (χ0) is 14.2. The van der Waals surface area contributed by atoms with Gasteiger partial charge in [0.1, 0.15) is 0 Å². The van der Waals surface area contributed by atoms with Crippen LogP contribution in [0.25, 0.3) is 0 Å². The third-order valence-electron chi connectivity index (χ3n) is 1.79. The zero-order valence-electron chi connectivity index (χ0n) is 9.84. The standard InChI is InChI=1S/C8H17N3O6S/c1-18(16,17)10-4-2-3-9-8(15)11-6(5-12)7(13)14/h6,10,12H,2-5H2,1H3,(H,13,14)(H2,9,11,15)/t6-/m0/s1. The van der Waals surface area contributed by atoms with Crippen LogP contribution in [0, 0.1) is 0 Å². The molecule has 106 valence electrons. The van der Waals surface area contributed by atoms with Crippen LogP contribution in [0.5, 0.6) is 0 Å². The molecule has 0 aliphatic rings. The quantitative estimate of drug-likeness (QED) is 0.316. The van der Waals surface area contributed by atoms with E-state index >= 15 is 0 Å². The Kier molecular flexibility index (Phi) is 7.24. The van der Waals surface area contributed by atoms with E-state index in [4.69, 9.17) is 10.2 Å². The second-order valence-corrected chi connectivity index (χ2v) is 5.33. The number of aliphatic hydroxyl groups excluding tert-OH is 1. The number of urea groups is 1. The lowest BCUT2D eigenvalue weighted by atomic mass is 10.3. The van der Waals surface area contributed by atoms with Crippen LogP contribution in [0.4, 0.5) is 4.79 Å². The van der Waals surface area contributed by atoms with E-state index in [9.17, 15) is 18.0 Å². The van der Waals surface area contributed by atoms with Crippen molar-refractivity contribution in [2.24, 2.45) is 0 Å². The number of sulfonamides is 1. The molecule has 0 aromatic carbocycles. The second kappa shape index (κ2) is 7.84. The summed E-state index contributed by atoms with van der Waals surface area (Å²) < 4.78 is 23.6. The van der Waals surface area contributed by atoms with Crippen LogP contribution in [0.15, 0.2) is 0 Å². The number of carboxylic acids is 1. The fraction of sp³-hybridized carbons (Fsp3) is 0.750. The summed E-state index contributed by atoms with van der Waals surface area (Å²) in [4.78, 5) is 21.6. The van der Waals surface area contributed by atoms with Gasteiger partial charge in [0, 0.05) is 13.1 Å². The summed E-state index contributed by atoms with van der Waals surface area (Å²) >= 11 is 0. The van der Waals surface area contributed by atoms with Gasteiger partial charge in [0.05, 0.1) is 12.9 Å². The summed E-state index contributed by atoms with van der Waals surface area (Å²) in [6.07, 6.45) is 1.38. The Morgan fingerprint density at radius 2 is 1.89 bits per heavy atom. The molecule has 0 aliphatic heterocycles. The summed E-state index contributed by atoms with van der Waals surface area (Å²) in [6.45, 7) is -0.369. The van der Waals surface area contributed by atoms with Crippen LogP contribution in [-0.2, 0) is 14.8 Å². The molecule has 0 aromatic rings. The predicted octanol–water partition coefficient (Wildman–Crippen LogP) is -2.33. The van der Waals surface area contributed by atoms with Crippen LogP contribution in [0.3, 0.4) is 0 Å². The number of carbonyl (C=O) groups excluding carboxylic acids is 1. The molecule has 0 bridgehead atoms. The largest absolute Gasteiger partial charge is 0.480 e. The summed E-state index contributed by atoms with van der Waals surface area (Å²) in [5, 5.41) is 21.6. The lowest BCUT2D eigenvalue weighted by molar-refractivity contribution is -0.140. The number of amides is 2. The third kappa shape index (κ3) is 8.73. The second-order valence-electron chi connectivity index (χ2n) is 3.49. The predicted molar refractivity (Wildman–Crippen MR) is 62.5 cm³/mol. The third-order valence-corrected chi connectivity index (χ3v) is 2.52. The van der Waals surface area contributed by atoms with E-state index in [1.807, 2.05) is 5.32 Å². The minimum absolute atomic E-state index is 0.168. The maximum atomic E-state index is 11.1. The van der Waals surface area contributed by atoms with Crippen molar-refractivity contribution in [2.75, 3.05) is 26.0 Å². The van der Waals surface area contributed by atoms with Crippen molar-refractivity contribution in [3.63, 3.8) is 0 Å². The Hall–Kier alpha value is -1.39. The molecule has 0 heterocycles. The molecule has 0 fully saturated rings. The van der Waals surface area contributed by atoms with Gasteiger partial charge >= 0.3 is 12.0 Å². The van der Waals surface area contributed by atoms with E-state index in [1.165, 1.54) is 0 Å². The van der Waals surface area contributed by atoms with Gasteiger partial charge in [0.25, 0.3) is 0 Å². The first-order valence-electron chi connectivity index (χ1n) is 5.09. The van der Waals surface area contributed by atoms with Crippen molar-refractivity contribution in [1.82, 2.24) is 15.4 Å². The molecule has 2 amide bonds. The maximum Gasteiger partial charge on any atom is 0.328 e. The van der Waals surface area contributed by atoms with Crippen LogP contribution in [0.1, 0.15) is 6.42 Å². The van der Waals surface area contributed by atoms with Gasteiger partial charge < -0.3 is 20.8 Å². The zero-order valence-corrected chi connectivity index (χ0v) is 10.7. The number of hydrogen-bond acceptors (Lipinski definition) is 5. The van der Waals surface area contributed by atoms with Crippen molar-refractivity contribution in [3.05, 3.63) is 0 Å². The molecule has 0 unspecified atom stereocenters. The molecule has 0 radical (unpaired) electrons. The van der Waals surface area contributed by atoms with Gasteiger partial charge in [-0.3, -0.25) is 0 Å². The molecule has 5 N–H and O–H groups in total. The highest BCUT2D eigenvalue weighted by atomic mass is 32.2. The van der Waals surface area contributed by atoms with Crippen LogP contribution in [-0.4, -0.2) is 62.6 Å². The first-order chi connectivity index (χ1) is 8.26. The van der Waals surface area contributed by atoms with Crippen LogP contribution < -0.4 is 15.4 Å². The van der Waals surface area contributed by atoms with Crippen LogP contribution >= 0.6 is 0 Å². The van der Waals surface area contributed by atoms with Crippen molar-refractivity contribution in [2.45, 2.75) is 12.5 Å². The van der Waals surface area contributed by atoms with Gasteiger partial charge in [0.2, 0.25) is 10.0 Å². The highest BCUT2D eigenvalue weighted by Gasteiger charge is 2.17. The molecule has 0 aromatic heterocycles. The Morgan fingerprint density at radius 1 is 1.28 bits per heavy atom. The molecular weight excluding hydrogens is 266 g/mol. The van der Waals surface area contributed by atoms with Crippen molar-refractivity contribution in [3.8, 4) is 0 Å². The van der Waals surface area contributed by atoms with Gasteiger partial charge in [-0.25, -0.2) is 22.7 Å². The Labute approximate surface area is 105 Å². The lowest BCUT2D eigenvalue weighted by Crippen LogP contribution is -2.48. The lowest BCUT2D eigenvalue weighted by Gasteiger charge is -2.12. The van der Waals surface area contributed by atoms with E-state index in [0.717, 1.165) is 6.26 Å². The number of aliphatic hydroxyl groups is 1. The number of nitrogens with one attached hydrogen (secondary N) is 3. The summed E-state index contributed by atoms with van der Waals surface area (Å²) in [5.74, 6) is -1.34. The number of rotatable bonds is 8. The molecule has 0 spiro atoms. The van der Waals surface area contributed by atoms with Crippen molar-refractivity contribution >= 4 is 22.0 Å². The molecule has 10 heteroatoms. The molecule has 0 saturated carbocycles. The van der Waals surface area contributed by atoms with Gasteiger partial charge in [-0.1, -0.05) is 0 Å². The highest BCUT2D eigenvalue weighted by Crippen LogP contribution is 1.83. The van der Waals surface area contributed by atoms with E-state index in [2.05, 4.69) is 10.0 Å². The van der Waals surface area contributed by atoms with Crippen molar-refractivity contribution in [1.29, 1.82) is 0 Å². The molecule has 0 saturated heterocycles. The minimum Gasteiger partial charge on any atom is -0.480 e. The average molecular weight is 283 g/mol. The first kappa shape index (κ1) is 16.6. The number of aliphatic carboxylic acids is 1. The maximum absolute atomic E-state index is 11.1. The Morgan fingerprint density at radius 3 is 2.33 bits per heavy atom. The average Bonchev–Trinajstić information content (AvgIpc) is 2.23. The summed E-state index contributed by atoms with van der Waals surface area (Å²) in [7, 11) is -3.25. The fourth-order valence-electron chi connectivity index (χ4n) is 0.943. The van der Waals surface area contributed by atoms with Gasteiger partial charge in [0.15, 0.2) is 6.04 Å². The van der Waals surface area contributed by atoms with E-state index in [0.29, 0.717) is 6.42 Å². The van der Waals surface area contributed by atoms with Crippen LogP contribution in [0.2, 0.25) is 0 Å². The first-order valence-corrected chi connectivity index (χ1v) is 6.98.